The summed E-state index contributed by atoms with van der Waals surface area (Å²) >= 11 is 0. The summed E-state index contributed by atoms with van der Waals surface area (Å²) in [7, 11) is -2.11. The lowest BCUT2D eigenvalue weighted by atomic mass is 10.0. The molecule has 0 radical (unpaired) electrons. The first-order valence-corrected chi connectivity index (χ1v) is 18.7. The zero-order chi connectivity index (χ0) is 39.6. The number of nitro benzene ring substituents is 2. The van der Waals surface area contributed by atoms with Crippen molar-refractivity contribution in [3.05, 3.63) is 134 Å². The third-order valence-corrected chi connectivity index (χ3v) is 10.9. The second-order valence-corrected chi connectivity index (χ2v) is 14.8. The van der Waals surface area contributed by atoms with Gasteiger partial charge in [-0.25, -0.2) is 18.0 Å². The van der Waals surface area contributed by atoms with E-state index in [2.05, 4.69) is 10.4 Å². The summed E-state index contributed by atoms with van der Waals surface area (Å²) in [5.41, 5.74) is 2.45. The molecule has 1 fully saturated rings. The molecule has 1 aliphatic heterocycles. The molecule has 56 heavy (non-hydrogen) atoms. The summed E-state index contributed by atoms with van der Waals surface area (Å²) in [6.07, 6.45) is -1.33. The fourth-order valence-electron chi connectivity index (χ4n) is 6.56. The highest BCUT2D eigenvalue weighted by atomic mass is 32.2. The molecule has 1 aliphatic carbocycles. The number of carbonyl (C=O) groups is 2. The standard InChI is InChI=1S/C37H32N6O12S/c1-52-29-10-2-23(3-11-29)21-40-33-17-5-26(18-25(33)22-56(40,50)51)38-35-20-34(41(39-35)36(44)53-30-13-6-27(7-14-30)42(46)47)24-4-12-32(19-24)55-37(45)54-31-15-8-28(9-16-31)43(48)49/h2-3,5-11,13-18,20,24,32H,4,12,19,21-22H2,1H3,(H,38,39)/t24-,32+/m0/s1. The van der Waals surface area contributed by atoms with Gasteiger partial charge in [0, 0.05) is 41.9 Å². The predicted molar refractivity (Wildman–Crippen MR) is 199 cm³/mol. The lowest BCUT2D eigenvalue weighted by molar-refractivity contribution is -0.385. The third-order valence-electron chi connectivity index (χ3n) is 9.26. The van der Waals surface area contributed by atoms with Crippen molar-refractivity contribution in [3.63, 3.8) is 0 Å². The number of fused-ring (bicyclic) bond motifs is 1. The highest BCUT2D eigenvalue weighted by Gasteiger charge is 2.35. The Hall–Kier alpha value is -7.02. The molecule has 7 rings (SSSR count). The first kappa shape index (κ1) is 37.3. The van der Waals surface area contributed by atoms with Gasteiger partial charge in [0.1, 0.15) is 23.4 Å². The lowest BCUT2D eigenvalue weighted by Gasteiger charge is -2.19. The van der Waals surface area contributed by atoms with Crippen LogP contribution in [0, 0.1) is 20.2 Å². The van der Waals surface area contributed by atoms with E-state index >= 15 is 0 Å². The predicted octanol–water partition coefficient (Wildman–Crippen LogP) is 7.20. The third kappa shape index (κ3) is 8.21. The smallest absolute Gasteiger partial charge is 0.497 e. The maximum Gasteiger partial charge on any atom is 0.514 e. The van der Waals surface area contributed by atoms with E-state index in [0.717, 1.165) is 10.2 Å². The van der Waals surface area contributed by atoms with E-state index in [4.69, 9.17) is 18.9 Å². The molecule has 2 aliphatic rings. The minimum atomic E-state index is -3.66. The minimum absolute atomic E-state index is 0.0391. The van der Waals surface area contributed by atoms with Gasteiger partial charge < -0.3 is 24.3 Å². The minimum Gasteiger partial charge on any atom is -0.497 e. The Balaban J connectivity index is 1.09. The van der Waals surface area contributed by atoms with Gasteiger partial charge in [-0.15, -0.1) is 5.10 Å². The van der Waals surface area contributed by atoms with Crippen LogP contribution in [0.2, 0.25) is 0 Å². The van der Waals surface area contributed by atoms with Gasteiger partial charge >= 0.3 is 12.2 Å². The SMILES string of the molecule is COc1ccc(CN2c3ccc(Nc4cc([C@H]5CC[C@@H](OC(=O)Oc6ccc([N+](=O)[O-])cc6)C5)n(C(=O)Oc5ccc([N+](=O)[O-])cc5)n4)cc3CS2(=O)=O)cc1. The fourth-order valence-corrected chi connectivity index (χ4v) is 8.16. The average molecular weight is 785 g/mol. The Morgan fingerprint density at radius 1 is 0.839 bits per heavy atom. The van der Waals surface area contributed by atoms with Crippen molar-refractivity contribution in [2.75, 3.05) is 16.7 Å². The first-order chi connectivity index (χ1) is 26.8. The molecule has 5 aromatic rings. The van der Waals surface area contributed by atoms with Gasteiger partial charge in [-0.3, -0.25) is 24.5 Å². The molecular formula is C37H32N6O12S. The van der Waals surface area contributed by atoms with Crippen LogP contribution >= 0.6 is 0 Å². The number of ether oxygens (including phenoxy) is 4. The number of sulfonamides is 1. The van der Waals surface area contributed by atoms with E-state index in [0.29, 0.717) is 41.2 Å². The number of anilines is 3. The number of aromatic nitrogens is 2. The Labute approximate surface area is 318 Å². The molecule has 0 spiro atoms. The van der Waals surface area contributed by atoms with Crippen molar-refractivity contribution in [1.29, 1.82) is 0 Å². The summed E-state index contributed by atoms with van der Waals surface area (Å²) in [5.74, 6) is 0.423. The Kier molecular flexibility index (Phi) is 10.2. The summed E-state index contributed by atoms with van der Waals surface area (Å²) < 4.78 is 50.3. The fraction of sp³-hybridized carbons (Fsp3) is 0.216. The number of hydrogen-bond donors (Lipinski definition) is 1. The number of nitrogens with one attached hydrogen (secondary N) is 1. The van der Waals surface area contributed by atoms with E-state index < -0.39 is 38.2 Å². The number of nitro groups is 2. The van der Waals surface area contributed by atoms with Crippen molar-refractivity contribution >= 4 is 50.8 Å². The maximum absolute atomic E-state index is 13.5. The molecule has 18 nitrogen and oxygen atoms in total. The molecule has 19 heteroatoms. The van der Waals surface area contributed by atoms with Gasteiger partial charge in [0.05, 0.1) is 40.6 Å². The van der Waals surface area contributed by atoms with E-state index in [9.17, 15) is 38.2 Å². The normalized spacial score (nSPS) is 16.8. The molecule has 4 aromatic carbocycles. The zero-order valence-corrected chi connectivity index (χ0v) is 30.3. The monoisotopic (exact) mass is 784 g/mol. The lowest BCUT2D eigenvalue weighted by Crippen LogP contribution is -2.26. The van der Waals surface area contributed by atoms with E-state index in [1.807, 2.05) is 0 Å². The van der Waals surface area contributed by atoms with Crippen LogP contribution in [-0.4, -0.2) is 53.5 Å². The van der Waals surface area contributed by atoms with Crippen molar-refractivity contribution in [2.24, 2.45) is 0 Å². The number of rotatable bonds is 11. The van der Waals surface area contributed by atoms with E-state index in [-0.39, 0.29) is 53.3 Å². The van der Waals surface area contributed by atoms with Crippen LogP contribution in [0.1, 0.15) is 42.0 Å². The van der Waals surface area contributed by atoms with Crippen molar-refractivity contribution in [2.45, 2.75) is 43.6 Å². The van der Waals surface area contributed by atoms with Gasteiger partial charge in [-0.2, -0.15) is 4.68 Å². The molecule has 1 aromatic heterocycles. The van der Waals surface area contributed by atoms with Crippen molar-refractivity contribution < 1.29 is 46.8 Å². The molecule has 2 heterocycles. The van der Waals surface area contributed by atoms with Crippen LogP contribution in [0.5, 0.6) is 17.2 Å². The molecule has 288 valence electrons. The first-order valence-electron chi connectivity index (χ1n) is 17.1. The topological polar surface area (TPSA) is 225 Å². The summed E-state index contributed by atoms with van der Waals surface area (Å²) in [5, 5.41) is 29.6. The summed E-state index contributed by atoms with van der Waals surface area (Å²) in [6.45, 7) is 0.137. The summed E-state index contributed by atoms with van der Waals surface area (Å²) in [6, 6.07) is 23.8. The van der Waals surface area contributed by atoms with Crippen LogP contribution < -0.4 is 23.8 Å². The Morgan fingerprint density at radius 2 is 1.46 bits per heavy atom. The highest BCUT2D eigenvalue weighted by molar-refractivity contribution is 7.92. The van der Waals surface area contributed by atoms with Crippen LogP contribution in [0.25, 0.3) is 0 Å². The molecule has 2 atom stereocenters. The van der Waals surface area contributed by atoms with Crippen molar-refractivity contribution in [3.8, 4) is 17.2 Å². The van der Waals surface area contributed by atoms with Gasteiger partial charge in [-0.1, -0.05) is 12.1 Å². The number of benzene rings is 4. The average Bonchev–Trinajstić information content (AvgIpc) is 3.87. The van der Waals surface area contributed by atoms with Crippen LogP contribution in [-0.2, 0) is 27.1 Å². The largest absolute Gasteiger partial charge is 0.514 e. The van der Waals surface area contributed by atoms with Crippen LogP contribution in [0.15, 0.2) is 97.1 Å². The van der Waals surface area contributed by atoms with E-state index in [1.54, 1.807) is 55.6 Å². The molecule has 1 N–H and O–H groups in total. The van der Waals surface area contributed by atoms with Gasteiger partial charge in [0.2, 0.25) is 10.0 Å². The van der Waals surface area contributed by atoms with Crippen molar-refractivity contribution in [1.82, 2.24) is 9.78 Å². The zero-order valence-electron chi connectivity index (χ0n) is 29.5. The quantitative estimate of drug-likeness (QED) is 0.0605. The number of methoxy groups -OCH3 is 1. The molecule has 0 unspecified atom stereocenters. The molecule has 0 amide bonds. The van der Waals surface area contributed by atoms with Gasteiger partial charge in [-0.05, 0) is 85.0 Å². The van der Waals surface area contributed by atoms with Gasteiger partial charge in [0.25, 0.3) is 11.4 Å². The number of nitrogens with zero attached hydrogens (tertiary/aromatic N) is 5. The maximum atomic E-state index is 13.5. The highest BCUT2D eigenvalue weighted by Crippen LogP contribution is 2.40. The second kappa shape index (κ2) is 15.4. The number of hydrogen-bond acceptors (Lipinski definition) is 14. The summed E-state index contributed by atoms with van der Waals surface area (Å²) in [4.78, 5) is 47.0. The van der Waals surface area contributed by atoms with Gasteiger partial charge in [0.15, 0.2) is 5.82 Å². The van der Waals surface area contributed by atoms with Crippen LogP contribution in [0.4, 0.5) is 38.2 Å². The second-order valence-electron chi connectivity index (χ2n) is 12.9. The van der Waals surface area contributed by atoms with E-state index in [1.165, 1.54) is 52.8 Å². The molecular weight excluding hydrogens is 753 g/mol. The Bertz CT molecular complexity index is 2420. The number of non-ortho nitro benzene ring substituents is 2. The molecule has 1 saturated carbocycles. The number of carbonyl (C=O) groups excluding carboxylic acids is 2. The van der Waals surface area contributed by atoms with Crippen LogP contribution in [0.3, 0.4) is 0 Å². The Morgan fingerprint density at radius 3 is 2.09 bits per heavy atom. The molecule has 0 saturated heterocycles. The molecule has 0 bridgehead atoms.